The number of halogens is 24. The van der Waals surface area contributed by atoms with Crippen LogP contribution in [0.1, 0.15) is 85.9 Å². The normalized spacial score (nSPS) is 13.1. The molecule has 0 radical (unpaired) electrons. The van der Waals surface area contributed by atoms with E-state index in [1.807, 2.05) is 17.5 Å². The van der Waals surface area contributed by atoms with Crippen LogP contribution in [-0.2, 0) is 11.3 Å². The highest BCUT2D eigenvalue weighted by Crippen LogP contribution is 2.61. The van der Waals surface area contributed by atoms with Crippen LogP contribution in [0.25, 0.3) is 0 Å². The average Bonchev–Trinajstić information content (AvgIpc) is 0.728. The number of hydrogen-bond acceptors (Lipinski definition) is 9. The number of rotatable bonds is 11. The lowest BCUT2D eigenvalue weighted by Crippen LogP contribution is -2.59. The summed E-state index contributed by atoms with van der Waals surface area (Å²) >= 11 is 22.6. The molecule has 0 aliphatic carbocycles. The second kappa shape index (κ2) is 27.0. The molecule has 0 aliphatic rings. The number of carbonyl (C=O) groups is 4. The van der Waals surface area contributed by atoms with E-state index in [-0.39, 0.29) is 52.1 Å². The number of benzene rings is 6. The fourth-order valence-corrected chi connectivity index (χ4v) is 8.72. The smallest absolute Gasteiger partial charge is 0.457 e. The molecule has 3 amide bonds. The highest BCUT2D eigenvalue weighted by Gasteiger charge is 2.83. The van der Waals surface area contributed by atoms with Crippen molar-refractivity contribution in [3.8, 4) is 24.3 Å². The van der Waals surface area contributed by atoms with Gasteiger partial charge in [0, 0.05) is 16.7 Å². The van der Waals surface area contributed by atoms with Crippen LogP contribution >= 0.6 is 46.4 Å². The van der Waals surface area contributed by atoms with Crippen LogP contribution in [0.3, 0.4) is 0 Å². The maximum Gasteiger partial charge on any atom is 0.457 e. The zero-order chi connectivity index (χ0) is 69.9. The van der Waals surface area contributed by atoms with E-state index in [4.69, 9.17) is 73.0 Å². The van der Waals surface area contributed by atoms with Gasteiger partial charge in [0.05, 0.1) is 93.9 Å². The van der Waals surface area contributed by atoms with Gasteiger partial charge in [0.25, 0.3) is 17.7 Å². The van der Waals surface area contributed by atoms with Crippen LogP contribution in [0, 0.1) is 70.8 Å². The van der Waals surface area contributed by atoms with Gasteiger partial charge in [-0.15, -0.1) is 0 Å². The standard InChI is InChI=1S/C27H12Cl2F10N4O2.C18H7Cl2F10N3O.C9H7NO2/c1-11-6-12(9-40)2-4-15(11)22(44)42-20-13(10-41)3-5-16(19(20)30)23(45)43-21-17(28)7-14(8-18(21)29)24(31,26(34,35)36)25(32,33)27(37,38)39;19-9-3-7(15(22,17(25,26)27)16(23,24)18(28,29)30)4-10(20)13(9)33-14(34)8-2-1-6(5-31)12(32)11(8)21;1-6-4-7(5-10)2-3-8(6)9(11)12/h2-8H,1H3,(H,42,44)(H,43,45);1-4H,32H2,(H,33,34);2-4H,1H3,(H,11,12). The van der Waals surface area contributed by atoms with E-state index < -0.39 is 154 Å². The van der Waals surface area contributed by atoms with Crippen LogP contribution in [0.5, 0.6) is 0 Å². The van der Waals surface area contributed by atoms with Crippen molar-refractivity contribution in [2.75, 3.05) is 21.7 Å². The van der Waals surface area contributed by atoms with Crippen molar-refractivity contribution in [3.05, 3.63) is 183 Å². The van der Waals surface area contributed by atoms with Gasteiger partial charge in [0.2, 0.25) is 0 Å². The minimum atomic E-state index is -7.03. The minimum absolute atomic E-state index is 0.0512. The molecule has 37 heteroatoms. The molecule has 0 aromatic heterocycles. The van der Waals surface area contributed by atoms with E-state index in [2.05, 4.69) is 5.32 Å². The van der Waals surface area contributed by atoms with Gasteiger partial charge in [-0.1, -0.05) is 46.4 Å². The van der Waals surface area contributed by atoms with Crippen LogP contribution < -0.4 is 21.7 Å². The number of hydrogen-bond donors (Lipinski definition) is 5. The minimum Gasteiger partial charge on any atom is -0.478 e. The monoisotopic (exact) mass is 1390 g/mol. The summed E-state index contributed by atoms with van der Waals surface area (Å²) in [5.41, 5.74) is -16.3. The number of nitrogens with two attached hydrogens (primary N) is 1. The van der Waals surface area contributed by atoms with Crippen molar-refractivity contribution in [3.63, 3.8) is 0 Å². The molecule has 13 nitrogen and oxygen atoms in total. The van der Waals surface area contributed by atoms with Crippen LogP contribution in [0.2, 0.25) is 20.1 Å². The third-order valence-electron chi connectivity index (χ3n) is 12.2. The summed E-state index contributed by atoms with van der Waals surface area (Å²) in [7, 11) is 0. The molecule has 6 rings (SSSR count). The molecule has 0 saturated carbocycles. The molecule has 480 valence electrons. The number of alkyl halides is 18. The van der Waals surface area contributed by atoms with E-state index in [1.165, 1.54) is 43.3 Å². The Kier molecular flexibility index (Phi) is 22.0. The number of amides is 3. The summed E-state index contributed by atoms with van der Waals surface area (Å²) < 4.78 is 270. The SMILES string of the molecule is Cc1cc(C#N)ccc1C(=O)Nc1c(C#N)ccc(C(=O)Nc2c(Cl)cc(C(F)(C(F)(F)F)C(F)(F)C(F)(F)F)cc2Cl)c1F.Cc1cc(C#N)ccc1C(=O)O.N#Cc1ccc(C(=O)Nc2c(Cl)cc(C(F)(C(F)(F)F)C(F)(F)C(F)(F)F)cc2Cl)c(F)c1N. The number of nitriles is 4. The summed E-state index contributed by atoms with van der Waals surface area (Å²) in [6.45, 7) is 3.12. The van der Waals surface area contributed by atoms with Gasteiger partial charge in [0.1, 0.15) is 12.1 Å². The largest absolute Gasteiger partial charge is 0.478 e. The quantitative estimate of drug-likeness (QED) is 0.0606. The Hall–Kier alpha value is -9.28. The summed E-state index contributed by atoms with van der Waals surface area (Å²) in [5, 5.41) is 45.1. The molecule has 2 unspecified atom stereocenters. The van der Waals surface area contributed by atoms with Crippen molar-refractivity contribution in [1.29, 1.82) is 21.0 Å². The van der Waals surface area contributed by atoms with Gasteiger partial charge in [-0.25, -0.2) is 22.4 Å². The molecule has 91 heavy (non-hydrogen) atoms. The average molecular weight is 1390 g/mol. The van der Waals surface area contributed by atoms with E-state index in [0.29, 0.717) is 11.1 Å². The highest BCUT2D eigenvalue weighted by molar-refractivity contribution is 6.41. The molecular formula is C54H26Cl4F20N8O5. The lowest BCUT2D eigenvalue weighted by molar-refractivity contribution is -0.389. The van der Waals surface area contributed by atoms with Crippen LogP contribution in [0.15, 0.2) is 84.9 Å². The Bertz CT molecular complexity index is 4050. The summed E-state index contributed by atoms with van der Waals surface area (Å²) in [4.78, 5) is 48.5. The molecule has 6 N–H and O–H groups in total. The maximum absolute atomic E-state index is 15.5. The topological polar surface area (TPSA) is 246 Å². The number of nitrogens with zero attached hydrogens (tertiary/aromatic N) is 4. The molecule has 0 fully saturated rings. The summed E-state index contributed by atoms with van der Waals surface area (Å²) in [5.74, 6) is -21.8. The van der Waals surface area contributed by atoms with Crippen molar-refractivity contribution in [1.82, 2.24) is 0 Å². The molecular weight excluding hydrogens is 1360 g/mol. The zero-order valence-electron chi connectivity index (χ0n) is 44.1. The van der Waals surface area contributed by atoms with E-state index in [1.54, 1.807) is 24.4 Å². The zero-order valence-corrected chi connectivity index (χ0v) is 47.1. The molecule has 0 heterocycles. The van der Waals surface area contributed by atoms with Gasteiger partial charge >= 0.3 is 53.9 Å². The lowest BCUT2D eigenvalue weighted by atomic mass is 9.87. The van der Waals surface area contributed by atoms with Gasteiger partial charge in [-0.2, -0.15) is 91.3 Å². The fraction of sp³-hybridized carbons (Fsp3) is 0.185. The van der Waals surface area contributed by atoms with Gasteiger partial charge in [0.15, 0.2) is 11.6 Å². The number of nitrogens with one attached hydrogen (secondary N) is 3. The maximum atomic E-state index is 15.5. The summed E-state index contributed by atoms with van der Waals surface area (Å²) in [6, 6.07) is 17.5. The third-order valence-corrected chi connectivity index (χ3v) is 13.4. The number of nitrogen functional groups attached to an aromatic ring is 1. The molecule has 0 aliphatic heterocycles. The lowest BCUT2D eigenvalue weighted by Gasteiger charge is -2.36. The molecule has 0 bridgehead atoms. The Morgan fingerprint density at radius 3 is 1.04 bits per heavy atom. The first kappa shape index (κ1) is 74.2. The number of carboxylic acid groups (broad SMARTS) is 1. The van der Waals surface area contributed by atoms with E-state index in [0.717, 1.165) is 24.3 Å². The Morgan fingerprint density at radius 1 is 0.429 bits per heavy atom. The second-order valence-corrected chi connectivity index (χ2v) is 19.6. The number of carboxylic acids is 1. The molecule has 2 atom stereocenters. The number of aromatic carboxylic acids is 1. The van der Waals surface area contributed by atoms with E-state index >= 15 is 4.39 Å². The van der Waals surface area contributed by atoms with Gasteiger partial charge in [-0.05, 0) is 110 Å². The first-order chi connectivity index (χ1) is 41.6. The van der Waals surface area contributed by atoms with Crippen molar-refractivity contribution >= 4 is 92.8 Å². The molecule has 0 saturated heterocycles. The van der Waals surface area contributed by atoms with Gasteiger partial charge < -0.3 is 26.8 Å². The van der Waals surface area contributed by atoms with Crippen LogP contribution in [-0.4, -0.2) is 65.3 Å². The van der Waals surface area contributed by atoms with E-state index in [9.17, 15) is 108 Å². The number of carbonyl (C=O) groups excluding carboxylic acids is 3. The summed E-state index contributed by atoms with van der Waals surface area (Å²) in [6.07, 6.45) is -27.7. The molecule has 6 aromatic carbocycles. The Labute approximate surface area is 515 Å². The predicted molar refractivity (Wildman–Crippen MR) is 282 cm³/mol. The number of anilines is 4. The Morgan fingerprint density at radius 2 is 0.736 bits per heavy atom. The predicted octanol–water partition coefficient (Wildman–Crippen LogP) is 16.9. The van der Waals surface area contributed by atoms with Crippen molar-refractivity contribution in [2.45, 2.75) is 61.7 Å². The Balaban J connectivity index is 0.000000336. The third kappa shape index (κ3) is 14.7. The first-order valence-electron chi connectivity index (χ1n) is 23.4. The van der Waals surface area contributed by atoms with Crippen LogP contribution in [0.4, 0.5) is 111 Å². The first-order valence-corrected chi connectivity index (χ1v) is 24.9. The number of aryl methyl sites for hydroxylation is 2. The van der Waals surface area contributed by atoms with Crippen molar-refractivity contribution < 1.29 is 112 Å². The van der Waals surface area contributed by atoms with Crippen molar-refractivity contribution in [2.24, 2.45) is 0 Å². The molecule has 0 spiro atoms. The highest BCUT2D eigenvalue weighted by atomic mass is 35.5. The molecule has 6 aromatic rings. The van der Waals surface area contributed by atoms with Gasteiger partial charge in [-0.3, -0.25) is 14.4 Å². The second-order valence-electron chi connectivity index (χ2n) is 18.0. The fourth-order valence-electron chi connectivity index (χ4n) is 7.56.